The zero-order chi connectivity index (χ0) is 19.2. The molecule has 0 aliphatic rings. The molecule has 0 fully saturated rings. The number of rotatable bonds is 7. The number of aromatic carboxylic acids is 1. The molecule has 4 nitrogen and oxygen atoms in total. The molecule has 0 amide bonds. The second kappa shape index (κ2) is 9.06. The van der Waals surface area contributed by atoms with E-state index >= 15 is 0 Å². The molecule has 0 aliphatic heterocycles. The molecule has 27 heavy (non-hydrogen) atoms. The zero-order valence-electron chi connectivity index (χ0n) is 14.3. The maximum Gasteiger partial charge on any atom is 0.335 e. The van der Waals surface area contributed by atoms with Crippen molar-refractivity contribution in [1.82, 2.24) is 0 Å². The van der Waals surface area contributed by atoms with E-state index in [0.29, 0.717) is 13.2 Å². The van der Waals surface area contributed by atoms with Crippen molar-refractivity contribution >= 4 is 43.5 Å². The van der Waals surface area contributed by atoms with E-state index in [1.807, 2.05) is 48.5 Å². The lowest BCUT2D eigenvalue weighted by atomic mass is 10.2. The number of carboxylic acid groups (broad SMARTS) is 1. The van der Waals surface area contributed by atoms with E-state index < -0.39 is 5.97 Å². The lowest BCUT2D eigenvalue weighted by Crippen LogP contribution is -2.03. The summed E-state index contributed by atoms with van der Waals surface area (Å²) in [5.74, 6) is -0.195. The lowest BCUT2D eigenvalue weighted by molar-refractivity contribution is 0.0697. The summed E-state index contributed by atoms with van der Waals surface area (Å²) in [6.45, 7) is 1.04. The van der Waals surface area contributed by atoms with Crippen LogP contribution < -0.4 is 10.1 Å². The molecule has 0 saturated heterocycles. The highest BCUT2D eigenvalue weighted by Crippen LogP contribution is 2.35. The molecule has 0 unspecified atom stereocenters. The van der Waals surface area contributed by atoms with Crippen molar-refractivity contribution in [3.05, 3.63) is 92.4 Å². The van der Waals surface area contributed by atoms with Crippen molar-refractivity contribution in [2.24, 2.45) is 0 Å². The quantitative estimate of drug-likeness (QED) is 0.420. The molecule has 3 aromatic carbocycles. The molecule has 0 aliphatic carbocycles. The standard InChI is InChI=1S/C21H17Br2NO3/c22-18-9-15(12-24-17-8-4-7-16(11-17)21(25)26)10-19(23)20(18)27-13-14-5-2-1-3-6-14/h1-11,24H,12-13H2,(H,25,26). The Morgan fingerprint density at radius 2 is 1.63 bits per heavy atom. The fourth-order valence-corrected chi connectivity index (χ4v) is 4.06. The van der Waals surface area contributed by atoms with Gasteiger partial charge in [0.1, 0.15) is 12.4 Å². The Labute approximate surface area is 174 Å². The number of ether oxygens (including phenoxy) is 1. The summed E-state index contributed by atoms with van der Waals surface area (Å²) in [6, 6.07) is 20.7. The summed E-state index contributed by atoms with van der Waals surface area (Å²) in [5.41, 5.74) is 3.14. The van der Waals surface area contributed by atoms with Crippen molar-refractivity contribution in [3.63, 3.8) is 0 Å². The van der Waals surface area contributed by atoms with Crippen molar-refractivity contribution in [3.8, 4) is 5.75 Å². The molecule has 0 saturated carbocycles. The number of halogens is 2. The predicted molar refractivity (Wildman–Crippen MR) is 113 cm³/mol. The van der Waals surface area contributed by atoms with Crippen LogP contribution in [0, 0.1) is 0 Å². The van der Waals surface area contributed by atoms with Gasteiger partial charge in [-0.25, -0.2) is 4.79 Å². The van der Waals surface area contributed by atoms with Gasteiger partial charge in [-0.2, -0.15) is 0 Å². The van der Waals surface area contributed by atoms with Crippen LogP contribution in [0.25, 0.3) is 0 Å². The van der Waals surface area contributed by atoms with Gasteiger partial charge in [0, 0.05) is 12.2 Å². The Kier molecular flexibility index (Phi) is 6.53. The summed E-state index contributed by atoms with van der Waals surface area (Å²) >= 11 is 7.14. The van der Waals surface area contributed by atoms with Crippen molar-refractivity contribution in [2.75, 3.05) is 5.32 Å². The maximum atomic E-state index is 11.1. The minimum absolute atomic E-state index is 0.257. The van der Waals surface area contributed by atoms with E-state index in [1.165, 1.54) is 0 Å². The third kappa shape index (κ3) is 5.34. The monoisotopic (exact) mass is 489 g/mol. The van der Waals surface area contributed by atoms with Crippen LogP contribution in [0.4, 0.5) is 5.69 Å². The van der Waals surface area contributed by atoms with Crippen LogP contribution in [0.3, 0.4) is 0 Å². The molecule has 3 rings (SSSR count). The van der Waals surface area contributed by atoms with E-state index in [0.717, 1.165) is 31.5 Å². The number of anilines is 1. The molecular formula is C21H17Br2NO3. The topological polar surface area (TPSA) is 58.6 Å². The van der Waals surface area contributed by atoms with Crippen LogP contribution >= 0.6 is 31.9 Å². The number of hydrogen-bond acceptors (Lipinski definition) is 3. The summed E-state index contributed by atoms with van der Waals surface area (Å²) in [4.78, 5) is 11.1. The molecule has 138 valence electrons. The number of carbonyl (C=O) groups is 1. The van der Waals surface area contributed by atoms with Crippen molar-refractivity contribution in [2.45, 2.75) is 13.2 Å². The van der Waals surface area contributed by atoms with Crippen molar-refractivity contribution in [1.29, 1.82) is 0 Å². The zero-order valence-corrected chi connectivity index (χ0v) is 17.5. The van der Waals surface area contributed by atoms with Gasteiger partial charge >= 0.3 is 5.97 Å². The molecule has 0 atom stereocenters. The third-order valence-electron chi connectivity index (χ3n) is 3.89. The van der Waals surface area contributed by atoms with Gasteiger partial charge in [-0.15, -0.1) is 0 Å². The highest BCUT2D eigenvalue weighted by molar-refractivity contribution is 9.11. The first-order valence-electron chi connectivity index (χ1n) is 8.25. The lowest BCUT2D eigenvalue weighted by Gasteiger charge is -2.13. The highest BCUT2D eigenvalue weighted by atomic mass is 79.9. The van der Waals surface area contributed by atoms with Crippen LogP contribution in [0.2, 0.25) is 0 Å². The number of hydrogen-bond donors (Lipinski definition) is 2. The summed E-state index contributed by atoms with van der Waals surface area (Å²) in [7, 11) is 0. The van der Waals surface area contributed by atoms with Gasteiger partial charge in [-0.3, -0.25) is 0 Å². The van der Waals surface area contributed by atoms with Gasteiger partial charge in [0.25, 0.3) is 0 Å². The van der Waals surface area contributed by atoms with Crippen molar-refractivity contribution < 1.29 is 14.6 Å². The van der Waals surface area contributed by atoms with Gasteiger partial charge in [0.2, 0.25) is 0 Å². The number of benzene rings is 3. The van der Waals surface area contributed by atoms with Gasteiger partial charge in [0.15, 0.2) is 0 Å². The fraction of sp³-hybridized carbons (Fsp3) is 0.0952. The molecule has 0 radical (unpaired) electrons. The van der Waals surface area contributed by atoms with E-state index in [4.69, 9.17) is 9.84 Å². The van der Waals surface area contributed by atoms with E-state index in [9.17, 15) is 4.79 Å². The van der Waals surface area contributed by atoms with Crippen LogP contribution in [0.1, 0.15) is 21.5 Å². The van der Waals surface area contributed by atoms with Crippen LogP contribution in [-0.4, -0.2) is 11.1 Å². The molecular weight excluding hydrogens is 474 g/mol. The Hall–Kier alpha value is -2.31. The average molecular weight is 491 g/mol. The smallest absolute Gasteiger partial charge is 0.335 e. The number of nitrogens with one attached hydrogen (secondary N) is 1. The fourth-order valence-electron chi connectivity index (χ4n) is 2.55. The third-order valence-corrected chi connectivity index (χ3v) is 5.07. The van der Waals surface area contributed by atoms with E-state index in [2.05, 4.69) is 37.2 Å². The summed E-state index contributed by atoms with van der Waals surface area (Å²) in [6.07, 6.45) is 0. The van der Waals surface area contributed by atoms with Gasteiger partial charge in [-0.1, -0.05) is 36.4 Å². The van der Waals surface area contributed by atoms with E-state index in [1.54, 1.807) is 18.2 Å². The highest BCUT2D eigenvalue weighted by Gasteiger charge is 2.10. The minimum atomic E-state index is -0.941. The Morgan fingerprint density at radius 3 is 2.30 bits per heavy atom. The summed E-state index contributed by atoms with van der Waals surface area (Å²) < 4.78 is 7.64. The normalized spacial score (nSPS) is 10.4. The molecule has 0 aromatic heterocycles. The first-order chi connectivity index (χ1) is 13.0. The molecule has 6 heteroatoms. The maximum absolute atomic E-state index is 11.1. The average Bonchev–Trinajstić information content (AvgIpc) is 2.67. The Morgan fingerprint density at radius 1 is 0.926 bits per heavy atom. The second-order valence-corrected chi connectivity index (χ2v) is 7.61. The van der Waals surface area contributed by atoms with Crippen LogP contribution in [-0.2, 0) is 13.2 Å². The van der Waals surface area contributed by atoms with Crippen LogP contribution in [0.15, 0.2) is 75.7 Å². The molecule has 0 bridgehead atoms. The molecule has 0 spiro atoms. The van der Waals surface area contributed by atoms with E-state index in [-0.39, 0.29) is 5.56 Å². The molecule has 0 heterocycles. The SMILES string of the molecule is O=C(O)c1cccc(NCc2cc(Br)c(OCc3ccccc3)c(Br)c2)c1. The first kappa shape index (κ1) is 19.5. The largest absolute Gasteiger partial charge is 0.487 e. The first-order valence-corrected chi connectivity index (χ1v) is 9.83. The Balaban J connectivity index is 1.67. The van der Waals surface area contributed by atoms with Gasteiger partial charge < -0.3 is 15.2 Å². The second-order valence-electron chi connectivity index (χ2n) is 5.90. The van der Waals surface area contributed by atoms with Gasteiger partial charge in [0.05, 0.1) is 14.5 Å². The molecule has 3 aromatic rings. The summed E-state index contributed by atoms with van der Waals surface area (Å²) in [5, 5.41) is 12.3. The molecule has 2 N–H and O–H groups in total. The van der Waals surface area contributed by atoms with Gasteiger partial charge in [-0.05, 0) is 73.3 Å². The minimum Gasteiger partial charge on any atom is -0.487 e. The number of carboxylic acids is 1. The Bertz CT molecular complexity index is 922. The predicted octanol–water partition coefficient (Wildman–Crippen LogP) is 6.10. The van der Waals surface area contributed by atoms with Crippen LogP contribution in [0.5, 0.6) is 5.75 Å².